The minimum atomic E-state index is -0.820. The summed E-state index contributed by atoms with van der Waals surface area (Å²) in [7, 11) is 2.12. The number of para-hydroxylation sites is 1. The SMILES string of the molecule is CN1CCC(Oc2ccccc2C(N)CCC(=O)O)CC1. The first-order valence-electron chi connectivity index (χ1n) is 7.47. The molecule has 1 saturated heterocycles. The number of nitrogens with two attached hydrogens (primary N) is 1. The van der Waals surface area contributed by atoms with Gasteiger partial charge in [0.25, 0.3) is 0 Å². The normalized spacial score (nSPS) is 18.4. The van der Waals surface area contributed by atoms with Crippen molar-refractivity contribution in [3.05, 3.63) is 29.8 Å². The molecule has 0 saturated carbocycles. The second-order valence-corrected chi connectivity index (χ2v) is 5.70. The van der Waals surface area contributed by atoms with Gasteiger partial charge >= 0.3 is 5.97 Å². The number of carboxylic acid groups (broad SMARTS) is 1. The predicted molar refractivity (Wildman–Crippen MR) is 81.4 cm³/mol. The van der Waals surface area contributed by atoms with Gasteiger partial charge in [0.15, 0.2) is 0 Å². The van der Waals surface area contributed by atoms with Crippen LogP contribution in [0.3, 0.4) is 0 Å². The highest BCUT2D eigenvalue weighted by atomic mass is 16.5. The molecule has 2 rings (SSSR count). The third kappa shape index (κ3) is 4.72. The summed E-state index contributed by atoms with van der Waals surface area (Å²) >= 11 is 0. The molecule has 1 fully saturated rings. The lowest BCUT2D eigenvalue weighted by molar-refractivity contribution is -0.137. The van der Waals surface area contributed by atoms with Crippen molar-refractivity contribution in [2.24, 2.45) is 5.73 Å². The van der Waals surface area contributed by atoms with Crippen LogP contribution in [0.25, 0.3) is 0 Å². The minimum Gasteiger partial charge on any atom is -0.490 e. The number of ether oxygens (including phenoxy) is 1. The van der Waals surface area contributed by atoms with Gasteiger partial charge in [-0.25, -0.2) is 0 Å². The van der Waals surface area contributed by atoms with Gasteiger partial charge < -0.3 is 20.5 Å². The standard InChI is InChI=1S/C16H24N2O3/c1-18-10-8-12(9-11-18)21-15-5-3-2-4-13(15)14(17)6-7-16(19)20/h2-5,12,14H,6-11,17H2,1H3,(H,19,20). The van der Waals surface area contributed by atoms with E-state index in [1.165, 1.54) is 0 Å². The van der Waals surface area contributed by atoms with E-state index >= 15 is 0 Å². The molecule has 5 heteroatoms. The summed E-state index contributed by atoms with van der Waals surface area (Å²) in [6.45, 7) is 2.08. The van der Waals surface area contributed by atoms with Crippen molar-refractivity contribution in [3.63, 3.8) is 0 Å². The number of hydrogen-bond acceptors (Lipinski definition) is 4. The van der Waals surface area contributed by atoms with Gasteiger partial charge in [0.05, 0.1) is 0 Å². The molecular formula is C16H24N2O3. The molecule has 1 atom stereocenters. The molecule has 116 valence electrons. The Morgan fingerprint density at radius 2 is 2.10 bits per heavy atom. The van der Waals surface area contributed by atoms with Crippen LogP contribution < -0.4 is 10.5 Å². The smallest absolute Gasteiger partial charge is 0.303 e. The first-order chi connectivity index (χ1) is 10.1. The lowest BCUT2D eigenvalue weighted by atomic mass is 10.0. The topological polar surface area (TPSA) is 75.8 Å². The highest BCUT2D eigenvalue weighted by Crippen LogP contribution is 2.28. The van der Waals surface area contributed by atoms with Crippen LogP contribution in [0.15, 0.2) is 24.3 Å². The van der Waals surface area contributed by atoms with Crippen molar-refractivity contribution in [1.29, 1.82) is 0 Å². The maximum Gasteiger partial charge on any atom is 0.303 e. The Labute approximate surface area is 125 Å². The number of likely N-dealkylation sites (tertiary alicyclic amines) is 1. The van der Waals surface area contributed by atoms with Gasteiger partial charge in [0.1, 0.15) is 11.9 Å². The molecule has 0 aromatic heterocycles. The number of aliphatic carboxylic acids is 1. The number of nitrogens with zero attached hydrogens (tertiary/aromatic N) is 1. The predicted octanol–water partition coefficient (Wildman–Crippen LogP) is 2.02. The molecule has 0 bridgehead atoms. The molecule has 3 N–H and O–H groups in total. The number of rotatable bonds is 6. The third-order valence-electron chi connectivity index (χ3n) is 3.95. The zero-order valence-corrected chi connectivity index (χ0v) is 12.5. The fourth-order valence-electron chi connectivity index (χ4n) is 2.61. The lowest BCUT2D eigenvalue weighted by Crippen LogP contribution is -2.35. The van der Waals surface area contributed by atoms with Gasteiger partial charge in [0.2, 0.25) is 0 Å². The second kappa shape index (κ2) is 7.43. The summed E-state index contributed by atoms with van der Waals surface area (Å²) in [5.74, 6) is -0.0240. The molecule has 1 aromatic rings. The zero-order chi connectivity index (χ0) is 15.2. The van der Waals surface area contributed by atoms with Crippen LogP contribution in [0.2, 0.25) is 0 Å². The molecule has 0 aliphatic carbocycles. The van der Waals surface area contributed by atoms with E-state index in [4.69, 9.17) is 15.6 Å². The van der Waals surface area contributed by atoms with E-state index in [9.17, 15) is 4.79 Å². The molecule has 1 aromatic carbocycles. The number of benzene rings is 1. The molecular weight excluding hydrogens is 268 g/mol. The highest BCUT2D eigenvalue weighted by molar-refractivity contribution is 5.66. The Balaban J connectivity index is 2.00. The van der Waals surface area contributed by atoms with Gasteiger partial charge in [0, 0.05) is 31.1 Å². The van der Waals surface area contributed by atoms with Crippen LogP contribution in [0.1, 0.15) is 37.3 Å². The largest absolute Gasteiger partial charge is 0.490 e. The van der Waals surface area contributed by atoms with Crippen molar-refractivity contribution in [2.75, 3.05) is 20.1 Å². The Kier molecular flexibility index (Phi) is 5.59. The summed E-state index contributed by atoms with van der Waals surface area (Å²) in [4.78, 5) is 13.0. The van der Waals surface area contributed by atoms with Gasteiger partial charge in [-0.15, -0.1) is 0 Å². The first kappa shape index (κ1) is 15.8. The molecule has 5 nitrogen and oxygen atoms in total. The molecule has 0 radical (unpaired) electrons. The van der Waals surface area contributed by atoms with Crippen molar-refractivity contribution in [1.82, 2.24) is 4.90 Å². The van der Waals surface area contributed by atoms with E-state index in [-0.39, 0.29) is 18.6 Å². The molecule has 1 unspecified atom stereocenters. The maximum absolute atomic E-state index is 10.7. The van der Waals surface area contributed by atoms with Crippen molar-refractivity contribution in [3.8, 4) is 5.75 Å². The second-order valence-electron chi connectivity index (χ2n) is 5.70. The van der Waals surface area contributed by atoms with E-state index in [1.807, 2.05) is 24.3 Å². The van der Waals surface area contributed by atoms with Crippen LogP contribution in [0.5, 0.6) is 5.75 Å². The molecule has 1 aliphatic heterocycles. The monoisotopic (exact) mass is 292 g/mol. The first-order valence-corrected chi connectivity index (χ1v) is 7.47. The average molecular weight is 292 g/mol. The number of piperidine rings is 1. The van der Waals surface area contributed by atoms with Crippen LogP contribution in [0.4, 0.5) is 0 Å². The summed E-state index contributed by atoms with van der Waals surface area (Å²) in [6.07, 6.45) is 2.73. The molecule has 0 spiro atoms. The fraction of sp³-hybridized carbons (Fsp3) is 0.562. The Morgan fingerprint density at radius 3 is 2.76 bits per heavy atom. The Bertz CT molecular complexity index is 470. The van der Waals surface area contributed by atoms with Crippen molar-refractivity contribution < 1.29 is 14.6 Å². The zero-order valence-electron chi connectivity index (χ0n) is 12.5. The summed E-state index contributed by atoms with van der Waals surface area (Å²) < 4.78 is 6.11. The van der Waals surface area contributed by atoms with Crippen LogP contribution in [-0.4, -0.2) is 42.2 Å². The van der Waals surface area contributed by atoms with Crippen molar-refractivity contribution in [2.45, 2.75) is 37.8 Å². The highest BCUT2D eigenvalue weighted by Gasteiger charge is 2.20. The van der Waals surface area contributed by atoms with Crippen molar-refractivity contribution >= 4 is 5.97 Å². The van der Waals surface area contributed by atoms with E-state index in [1.54, 1.807) is 0 Å². The van der Waals surface area contributed by atoms with E-state index in [0.717, 1.165) is 37.2 Å². The van der Waals surface area contributed by atoms with Gasteiger partial charge in [-0.2, -0.15) is 0 Å². The van der Waals surface area contributed by atoms with Gasteiger partial charge in [-0.05, 0) is 32.4 Å². The van der Waals surface area contributed by atoms with Gasteiger partial charge in [-0.3, -0.25) is 4.79 Å². The van der Waals surface area contributed by atoms with Crippen LogP contribution >= 0.6 is 0 Å². The van der Waals surface area contributed by atoms with E-state index in [0.29, 0.717) is 6.42 Å². The van der Waals surface area contributed by atoms with Crippen LogP contribution in [-0.2, 0) is 4.79 Å². The maximum atomic E-state index is 10.7. The Hall–Kier alpha value is -1.59. The summed E-state index contributed by atoms with van der Waals surface area (Å²) in [5.41, 5.74) is 7.02. The Morgan fingerprint density at radius 1 is 1.43 bits per heavy atom. The summed E-state index contributed by atoms with van der Waals surface area (Å²) in [6, 6.07) is 7.39. The molecule has 1 aliphatic rings. The number of carboxylic acids is 1. The number of hydrogen-bond donors (Lipinski definition) is 2. The van der Waals surface area contributed by atoms with Gasteiger partial charge in [-0.1, -0.05) is 18.2 Å². The third-order valence-corrected chi connectivity index (χ3v) is 3.95. The quantitative estimate of drug-likeness (QED) is 0.839. The molecule has 1 heterocycles. The number of carbonyl (C=O) groups is 1. The minimum absolute atomic E-state index is 0.0731. The summed E-state index contributed by atoms with van der Waals surface area (Å²) in [5, 5.41) is 8.77. The molecule has 0 amide bonds. The van der Waals surface area contributed by atoms with E-state index in [2.05, 4.69) is 11.9 Å². The van der Waals surface area contributed by atoms with Crippen LogP contribution in [0, 0.1) is 0 Å². The molecule has 21 heavy (non-hydrogen) atoms. The van der Waals surface area contributed by atoms with E-state index < -0.39 is 5.97 Å². The fourth-order valence-corrected chi connectivity index (χ4v) is 2.61. The lowest BCUT2D eigenvalue weighted by Gasteiger charge is -2.30. The average Bonchev–Trinajstić information content (AvgIpc) is 2.48.